The van der Waals surface area contributed by atoms with E-state index in [0.29, 0.717) is 5.56 Å². The lowest BCUT2D eigenvalue weighted by molar-refractivity contribution is -0.148. The molecule has 0 bridgehead atoms. The molecule has 0 aliphatic heterocycles. The molecule has 6 nitrogen and oxygen atoms in total. The van der Waals surface area contributed by atoms with Gasteiger partial charge < -0.3 is 15.2 Å². The van der Waals surface area contributed by atoms with E-state index in [9.17, 15) is 14.9 Å². The van der Waals surface area contributed by atoms with Crippen LogP contribution in [0.4, 0.5) is 5.00 Å². The van der Waals surface area contributed by atoms with Gasteiger partial charge in [0.25, 0.3) is 0 Å². The van der Waals surface area contributed by atoms with E-state index in [1.807, 2.05) is 50.2 Å². The van der Waals surface area contributed by atoms with E-state index in [1.54, 1.807) is 6.92 Å². The summed E-state index contributed by atoms with van der Waals surface area (Å²) in [5, 5.41) is 9.59. The average molecular weight is 401 g/mol. The number of anilines is 1. The van der Waals surface area contributed by atoms with Crippen molar-refractivity contribution in [2.24, 2.45) is 5.92 Å². The van der Waals surface area contributed by atoms with Crippen LogP contribution < -0.4 is 5.73 Å². The molecule has 28 heavy (non-hydrogen) atoms. The van der Waals surface area contributed by atoms with Crippen molar-refractivity contribution in [1.29, 1.82) is 5.26 Å². The first-order valence-corrected chi connectivity index (χ1v) is 9.96. The fourth-order valence-electron chi connectivity index (χ4n) is 2.93. The first kappa shape index (κ1) is 21.5. The Hall–Kier alpha value is -2.85. The highest BCUT2D eigenvalue weighted by Crippen LogP contribution is 2.33. The molecule has 0 radical (unpaired) electrons. The number of nitrogens with two attached hydrogens (primary N) is 1. The molecule has 2 aromatic rings. The second-order valence-corrected chi connectivity index (χ2v) is 7.42. The van der Waals surface area contributed by atoms with Crippen LogP contribution in [0.15, 0.2) is 30.3 Å². The number of nitrogens with zero attached hydrogens (tertiary/aromatic N) is 1. The first-order chi connectivity index (χ1) is 13.4. The number of nitriles is 1. The molecule has 0 fully saturated rings. The van der Waals surface area contributed by atoms with Gasteiger partial charge in [-0.2, -0.15) is 5.26 Å². The Morgan fingerprint density at radius 2 is 1.89 bits per heavy atom. The third-order valence-electron chi connectivity index (χ3n) is 4.59. The minimum Gasteiger partial charge on any atom is -0.462 e. The highest BCUT2D eigenvalue weighted by molar-refractivity contribution is 7.18. The van der Waals surface area contributed by atoms with Gasteiger partial charge in [-0.05, 0) is 18.4 Å². The molecule has 2 atom stereocenters. The Bertz CT molecular complexity index is 871. The number of ether oxygens (including phenoxy) is 2. The van der Waals surface area contributed by atoms with Crippen LogP contribution in [0, 0.1) is 17.2 Å². The summed E-state index contributed by atoms with van der Waals surface area (Å²) in [5.74, 6) is -1.33. The average Bonchev–Trinajstić information content (AvgIpc) is 3.02. The molecule has 1 aromatic heterocycles. The van der Waals surface area contributed by atoms with Gasteiger partial charge in [0.2, 0.25) is 0 Å². The zero-order valence-electron chi connectivity index (χ0n) is 16.2. The smallest absolute Gasteiger partial charge is 0.348 e. The van der Waals surface area contributed by atoms with Crippen LogP contribution in [0.5, 0.6) is 0 Å². The molecule has 1 aromatic carbocycles. The van der Waals surface area contributed by atoms with Gasteiger partial charge in [-0.3, -0.25) is 4.79 Å². The van der Waals surface area contributed by atoms with Crippen molar-refractivity contribution in [2.45, 2.75) is 39.7 Å². The molecule has 2 N–H and O–H groups in total. The first-order valence-electron chi connectivity index (χ1n) is 9.14. The fourth-order valence-corrected chi connectivity index (χ4v) is 3.85. The fraction of sp³-hybridized carbons (Fsp3) is 0.381. The maximum absolute atomic E-state index is 12.9. The summed E-state index contributed by atoms with van der Waals surface area (Å²) in [5.41, 5.74) is 7.19. The van der Waals surface area contributed by atoms with E-state index in [4.69, 9.17) is 15.2 Å². The highest BCUT2D eigenvalue weighted by atomic mass is 32.1. The minimum atomic E-state index is -0.576. The number of nitrogen functional groups attached to an aromatic ring is 1. The Morgan fingerprint density at radius 3 is 2.46 bits per heavy atom. The molecule has 0 aliphatic carbocycles. The van der Waals surface area contributed by atoms with Crippen LogP contribution in [-0.4, -0.2) is 18.5 Å². The van der Waals surface area contributed by atoms with Gasteiger partial charge in [-0.1, -0.05) is 50.6 Å². The lowest BCUT2D eigenvalue weighted by Gasteiger charge is -2.22. The second kappa shape index (κ2) is 9.90. The van der Waals surface area contributed by atoms with Crippen molar-refractivity contribution < 1.29 is 19.1 Å². The second-order valence-electron chi connectivity index (χ2n) is 6.36. The Labute approximate surface area is 168 Å². The third-order valence-corrected chi connectivity index (χ3v) is 5.63. The maximum Gasteiger partial charge on any atom is 0.348 e. The van der Waals surface area contributed by atoms with Crippen molar-refractivity contribution in [2.75, 3.05) is 12.3 Å². The summed E-state index contributed by atoms with van der Waals surface area (Å²) in [6, 6.07) is 11.4. The van der Waals surface area contributed by atoms with Crippen LogP contribution in [0.2, 0.25) is 0 Å². The standard InChI is InChI=1S/C21H24N2O4S/c1-4-13(3)17(14-9-7-6-8-10-14)20(24)27-12-16-15(11-22)19(23)28-18(16)21(25)26-5-2/h6-10,13,17H,4-5,12,23H2,1-3H3/t13-,17-/m1/s1. The summed E-state index contributed by atoms with van der Waals surface area (Å²) in [6.07, 6.45) is 0.803. The maximum atomic E-state index is 12.9. The normalized spacial score (nSPS) is 12.6. The van der Waals surface area contributed by atoms with Crippen molar-refractivity contribution in [1.82, 2.24) is 0 Å². The summed E-state index contributed by atoms with van der Waals surface area (Å²) >= 11 is 0.970. The summed E-state index contributed by atoms with van der Waals surface area (Å²) in [6.45, 7) is 5.69. The number of carbonyl (C=O) groups excluding carboxylic acids is 2. The van der Waals surface area contributed by atoms with Gasteiger partial charge in [0, 0.05) is 5.56 Å². The largest absolute Gasteiger partial charge is 0.462 e. The zero-order chi connectivity index (χ0) is 20.7. The molecule has 0 spiro atoms. The molecular formula is C21H24N2O4S. The monoisotopic (exact) mass is 400 g/mol. The van der Waals surface area contributed by atoms with E-state index in [0.717, 1.165) is 23.3 Å². The Morgan fingerprint density at radius 1 is 1.21 bits per heavy atom. The highest BCUT2D eigenvalue weighted by Gasteiger charge is 2.29. The number of hydrogen-bond acceptors (Lipinski definition) is 7. The van der Waals surface area contributed by atoms with Crippen molar-refractivity contribution in [3.63, 3.8) is 0 Å². The molecule has 2 rings (SSSR count). The van der Waals surface area contributed by atoms with Gasteiger partial charge in [-0.15, -0.1) is 11.3 Å². The molecule has 0 saturated carbocycles. The van der Waals surface area contributed by atoms with Gasteiger partial charge >= 0.3 is 11.9 Å². The Balaban J connectivity index is 2.28. The van der Waals surface area contributed by atoms with E-state index in [2.05, 4.69) is 0 Å². The number of hydrogen-bond donors (Lipinski definition) is 1. The molecule has 1 heterocycles. The van der Waals surface area contributed by atoms with Crippen LogP contribution in [0.3, 0.4) is 0 Å². The molecule has 148 valence electrons. The van der Waals surface area contributed by atoms with Gasteiger partial charge in [0.05, 0.1) is 18.1 Å². The van der Waals surface area contributed by atoms with Gasteiger partial charge in [-0.25, -0.2) is 4.79 Å². The summed E-state index contributed by atoms with van der Waals surface area (Å²) in [7, 11) is 0. The van der Waals surface area contributed by atoms with E-state index < -0.39 is 17.9 Å². The van der Waals surface area contributed by atoms with Crippen molar-refractivity contribution >= 4 is 28.3 Å². The van der Waals surface area contributed by atoms with E-state index in [1.165, 1.54) is 0 Å². The SMILES string of the molecule is CCOC(=O)c1sc(N)c(C#N)c1COC(=O)[C@@H](c1ccccc1)[C@H](C)CC. The molecule has 0 aliphatic rings. The Kier molecular flexibility index (Phi) is 7.59. The van der Waals surface area contributed by atoms with Crippen LogP contribution in [0.25, 0.3) is 0 Å². The van der Waals surface area contributed by atoms with Gasteiger partial charge in [0.1, 0.15) is 22.6 Å². The lowest BCUT2D eigenvalue weighted by Crippen LogP contribution is -2.22. The number of carbonyl (C=O) groups is 2. The predicted octanol–water partition coefficient (Wildman–Crippen LogP) is 4.25. The molecular weight excluding hydrogens is 376 g/mol. The summed E-state index contributed by atoms with van der Waals surface area (Å²) in [4.78, 5) is 25.3. The number of thiophene rings is 1. The molecule has 0 amide bonds. The van der Waals surface area contributed by atoms with E-state index >= 15 is 0 Å². The van der Waals surface area contributed by atoms with Crippen LogP contribution in [0.1, 0.15) is 59.5 Å². The quantitative estimate of drug-likeness (QED) is 0.665. The van der Waals surface area contributed by atoms with Gasteiger partial charge in [0.15, 0.2) is 0 Å². The lowest BCUT2D eigenvalue weighted by atomic mass is 9.85. The number of benzene rings is 1. The van der Waals surface area contributed by atoms with Crippen LogP contribution >= 0.6 is 11.3 Å². The van der Waals surface area contributed by atoms with Crippen molar-refractivity contribution in [3.05, 3.63) is 51.9 Å². The molecule has 7 heteroatoms. The zero-order valence-corrected chi connectivity index (χ0v) is 17.0. The van der Waals surface area contributed by atoms with E-state index in [-0.39, 0.29) is 34.6 Å². The van der Waals surface area contributed by atoms with Crippen molar-refractivity contribution in [3.8, 4) is 6.07 Å². The topological polar surface area (TPSA) is 102 Å². The third kappa shape index (κ3) is 4.70. The predicted molar refractivity (Wildman–Crippen MR) is 108 cm³/mol. The van der Waals surface area contributed by atoms with Crippen LogP contribution in [-0.2, 0) is 20.9 Å². The number of rotatable bonds is 8. The molecule has 0 unspecified atom stereocenters. The molecule has 0 saturated heterocycles. The minimum absolute atomic E-state index is 0.0717. The summed E-state index contributed by atoms with van der Waals surface area (Å²) < 4.78 is 10.6. The number of esters is 2.